The Morgan fingerprint density at radius 2 is 1.26 bits per heavy atom. The van der Waals surface area contributed by atoms with Crippen LogP contribution in [0, 0.1) is 46.3 Å². The van der Waals surface area contributed by atoms with E-state index in [4.69, 9.17) is 0 Å². The van der Waals surface area contributed by atoms with Crippen LogP contribution in [0.15, 0.2) is 12.2 Å². The maximum atomic E-state index is 15.6. The van der Waals surface area contributed by atoms with Gasteiger partial charge in [-0.05, 0) is 124 Å². The zero-order chi connectivity index (χ0) is 77.6. The lowest BCUT2D eigenvalue weighted by molar-refractivity contribution is -0.219. The average molecular weight is 1480 g/mol. The van der Waals surface area contributed by atoms with Gasteiger partial charge in [-0.1, -0.05) is 112 Å². The van der Waals surface area contributed by atoms with Crippen LogP contribution in [0.3, 0.4) is 0 Å². The van der Waals surface area contributed by atoms with Gasteiger partial charge in [-0.3, -0.25) is 57.5 Å². The van der Waals surface area contributed by atoms with Crippen molar-refractivity contribution < 1.29 is 79.5 Å². The molecule has 2 unspecified atom stereocenters. The number of nitrogens with one attached hydrogen (secondary N) is 3. The molecule has 24 nitrogen and oxygen atoms in total. The van der Waals surface area contributed by atoms with Crippen molar-refractivity contribution in [2.45, 2.75) is 263 Å². The molecule has 29 heteroatoms. The van der Waals surface area contributed by atoms with Crippen molar-refractivity contribution in [3.8, 4) is 0 Å². The molecule has 7 aliphatic rings. The second kappa shape index (κ2) is 34.7. The number of hydrogen-bond acceptors (Lipinski definition) is 12. The fourth-order valence-electron chi connectivity index (χ4n) is 17.2. The van der Waals surface area contributed by atoms with E-state index in [-0.39, 0.29) is 70.4 Å². The summed E-state index contributed by atoms with van der Waals surface area (Å²) < 4.78 is 72.9. The summed E-state index contributed by atoms with van der Waals surface area (Å²) in [7, 11) is 11.3. The van der Waals surface area contributed by atoms with E-state index in [0.717, 1.165) is 40.4 Å². The molecular weight excluding hydrogens is 1360 g/mol. The Morgan fingerprint density at radius 1 is 0.654 bits per heavy atom. The molecule has 2 spiro atoms. The van der Waals surface area contributed by atoms with Gasteiger partial charge in [-0.25, -0.2) is 8.78 Å². The van der Waals surface area contributed by atoms with Crippen molar-refractivity contribution in [1.82, 2.24) is 60.0 Å². The molecule has 0 radical (unpaired) electrons. The van der Waals surface area contributed by atoms with Gasteiger partial charge >= 0.3 is 6.18 Å². The van der Waals surface area contributed by atoms with E-state index in [9.17, 15) is 41.9 Å². The van der Waals surface area contributed by atoms with E-state index in [1.165, 1.54) is 85.8 Å². The standard InChI is InChI=1S/C75H119F5N12O12/c1-17-23-52-63(96)82-61(45(5)18-2)69(102)86(12)40-59(95)88(14)53-24-21-20-22-33-91(68(53)101)55(36-47-27-25-44(4)26-28-47)67(100)85(11)39-57(93)81-51(30-29-48-34-49(76)60(50(77)35-48)75(78,79)80)65(98)92-43-73(31-32-73)38-56(92)64(97)83-74(41-72(7,8)42-74)71(104)90(16)62(46(6)19-3)70(103)89(15)54(66(99)84(9)10)37-58(94)87(52)13/h20-21,44-56,60-62H,17-19,22-43H2,1-16H3,(H,81,93)(H,82,96)(H,83,97)/b21-20-/t44?,45-,46-,47?,48?,49?,50?,51-,52-,53-,54-,55-,56-,60?,61-,62-/m0/s1. The lowest BCUT2D eigenvalue weighted by Gasteiger charge is -2.54. The van der Waals surface area contributed by atoms with Gasteiger partial charge in [0.15, 0.2) is 0 Å². The third-order valence-corrected chi connectivity index (χ3v) is 24.1. The largest absolute Gasteiger partial charge is 0.397 e. The first-order chi connectivity index (χ1) is 48.6. The van der Waals surface area contributed by atoms with E-state index in [2.05, 4.69) is 22.9 Å². The molecule has 3 heterocycles. The number of likely N-dealkylation sites (N-methyl/N-ethyl adjacent to an activating group) is 7. The number of alkyl halides is 5. The number of rotatable bonds is 12. The molecule has 2 bridgehead atoms. The fraction of sp³-hybridized carbons (Fsp3) is 0.813. The molecule has 3 aliphatic heterocycles. The van der Waals surface area contributed by atoms with Crippen LogP contribution >= 0.6 is 0 Å². The molecule has 4 aliphatic carbocycles. The minimum atomic E-state index is -5.16. The molecule has 0 aromatic heterocycles. The predicted molar refractivity (Wildman–Crippen MR) is 379 cm³/mol. The van der Waals surface area contributed by atoms with Crippen LogP contribution in [0.5, 0.6) is 0 Å². The number of carbonyl (C=O) groups is 12. The highest BCUT2D eigenvalue weighted by atomic mass is 19.4. The molecule has 586 valence electrons. The molecule has 2 saturated heterocycles. The Morgan fingerprint density at radius 3 is 1.82 bits per heavy atom. The first-order valence-electron chi connectivity index (χ1n) is 37.9. The SMILES string of the molecule is CCC[C@H]1C(=O)N[C@@H]([C@@H](C)CC)C(=O)N(C)CC(=O)N(C)[C@H]2C/C=C\CCN(C2=O)[C@@H](CC2CCC(C)CC2)C(=O)N(C)CC(=O)N[C@@H](CCC2CC(F)C(C(F)(F)F)C(F)C2)C(=O)N2CC3(CC3)C[C@H]2C(=O)NC2(CC(C)(C)C2)C(=O)N(C)[C@@H]([C@@H](C)CC)C(=O)N(C)[C@H](C(=O)N(C)C)CC(=O)N1C. The lowest BCUT2D eigenvalue weighted by atomic mass is 9.58. The maximum Gasteiger partial charge on any atom is 0.397 e. The highest BCUT2D eigenvalue weighted by Gasteiger charge is 2.62. The summed E-state index contributed by atoms with van der Waals surface area (Å²) in [4.78, 5) is 192. The molecule has 0 aromatic rings. The molecule has 7 rings (SSSR count). The number of carbonyl (C=O) groups excluding carboxylic acids is 12. The first-order valence-corrected chi connectivity index (χ1v) is 37.9. The van der Waals surface area contributed by atoms with Gasteiger partial charge in [0.25, 0.3) is 0 Å². The maximum absolute atomic E-state index is 15.6. The summed E-state index contributed by atoms with van der Waals surface area (Å²) in [6.45, 7) is 13.7. The highest BCUT2D eigenvalue weighted by Crippen LogP contribution is 2.56. The van der Waals surface area contributed by atoms with Crippen molar-refractivity contribution >= 4 is 70.9 Å². The number of amides is 12. The van der Waals surface area contributed by atoms with Crippen LogP contribution in [0.4, 0.5) is 22.0 Å². The zero-order valence-corrected chi connectivity index (χ0v) is 64.4. The second-order valence-corrected chi connectivity index (χ2v) is 33.1. The summed E-state index contributed by atoms with van der Waals surface area (Å²) in [6.07, 6.45) is -2.94. The van der Waals surface area contributed by atoms with E-state index < -0.39 is 210 Å². The van der Waals surface area contributed by atoms with E-state index in [1.807, 2.05) is 33.8 Å². The number of hydrogen-bond donors (Lipinski definition) is 3. The van der Waals surface area contributed by atoms with E-state index in [1.54, 1.807) is 26.8 Å². The monoisotopic (exact) mass is 1470 g/mol. The van der Waals surface area contributed by atoms with Crippen LogP contribution < -0.4 is 16.0 Å². The highest BCUT2D eigenvalue weighted by molar-refractivity contribution is 6.01. The van der Waals surface area contributed by atoms with Gasteiger partial charge in [0.2, 0.25) is 70.9 Å². The molecule has 104 heavy (non-hydrogen) atoms. The molecular formula is C75H119F5N12O12. The zero-order valence-electron chi connectivity index (χ0n) is 64.4. The summed E-state index contributed by atoms with van der Waals surface area (Å²) in [5.41, 5.74) is -2.78. The molecule has 6 fully saturated rings. The van der Waals surface area contributed by atoms with Crippen LogP contribution in [-0.4, -0.2) is 270 Å². The summed E-state index contributed by atoms with van der Waals surface area (Å²) in [6, 6.07) is -10.4. The number of halogens is 5. The normalized spacial score (nSPS) is 32.6. The minimum absolute atomic E-state index is 0.0152. The molecule has 4 saturated carbocycles. The smallest absolute Gasteiger partial charge is 0.347 e. The molecule has 0 aromatic carbocycles. The summed E-state index contributed by atoms with van der Waals surface area (Å²) in [5.74, 6) is -13.0. The van der Waals surface area contributed by atoms with Crippen LogP contribution in [0.1, 0.15) is 190 Å². The van der Waals surface area contributed by atoms with Gasteiger partial charge < -0.3 is 60.0 Å². The first kappa shape index (κ1) is 84.3. The van der Waals surface area contributed by atoms with E-state index in [0.29, 0.717) is 44.4 Å². The van der Waals surface area contributed by atoms with Gasteiger partial charge in [-0.15, -0.1) is 0 Å². The summed E-state index contributed by atoms with van der Waals surface area (Å²) >= 11 is 0. The van der Waals surface area contributed by atoms with Gasteiger partial charge in [0.05, 0.1) is 19.5 Å². The van der Waals surface area contributed by atoms with Crippen LogP contribution in [0.2, 0.25) is 0 Å². The van der Waals surface area contributed by atoms with E-state index >= 15 is 37.5 Å². The van der Waals surface area contributed by atoms with Crippen molar-refractivity contribution in [1.29, 1.82) is 0 Å². The predicted octanol–water partition coefficient (Wildman–Crippen LogP) is 6.43. The quantitative estimate of drug-likeness (QED) is 0.141. The number of fused-ring (bicyclic) bond motifs is 3. The summed E-state index contributed by atoms with van der Waals surface area (Å²) in [5, 5.41) is 8.68. The van der Waals surface area contributed by atoms with Gasteiger partial charge in [0, 0.05) is 69.5 Å². The Hall–Kier alpha value is -6.97. The molecule has 12 atom stereocenters. The average Bonchev–Trinajstić information content (AvgIpc) is 1.27. The van der Waals surface area contributed by atoms with Gasteiger partial charge in [0.1, 0.15) is 72.1 Å². The lowest BCUT2D eigenvalue weighted by Crippen LogP contribution is -2.71. The van der Waals surface area contributed by atoms with Crippen molar-refractivity contribution in [2.75, 3.05) is 82.6 Å². The number of nitrogens with zero attached hydrogens (tertiary/aromatic N) is 9. The van der Waals surface area contributed by atoms with Crippen LogP contribution in [0.25, 0.3) is 0 Å². The van der Waals surface area contributed by atoms with Crippen molar-refractivity contribution in [3.05, 3.63) is 12.2 Å². The molecule has 12 amide bonds. The topological polar surface area (TPSA) is 270 Å². The third kappa shape index (κ3) is 19.6. The Labute approximate surface area is 611 Å². The third-order valence-electron chi connectivity index (χ3n) is 24.1. The van der Waals surface area contributed by atoms with Gasteiger partial charge in [-0.2, -0.15) is 13.2 Å². The van der Waals surface area contributed by atoms with Crippen molar-refractivity contribution in [3.63, 3.8) is 0 Å². The van der Waals surface area contributed by atoms with Crippen molar-refractivity contribution in [2.24, 2.45) is 46.3 Å². The second-order valence-electron chi connectivity index (χ2n) is 33.1. The van der Waals surface area contributed by atoms with Crippen LogP contribution in [-0.2, 0) is 57.5 Å². The fourth-order valence-corrected chi connectivity index (χ4v) is 17.2. The minimum Gasteiger partial charge on any atom is -0.347 e. The Balaban J connectivity index is 1.32. The molecule has 3 N–H and O–H groups in total. The Bertz CT molecular complexity index is 3160. The Kier molecular flexibility index (Phi) is 28.1.